The van der Waals surface area contributed by atoms with Crippen molar-refractivity contribution in [1.82, 2.24) is 14.7 Å². The largest absolute Gasteiger partial charge is 0.399 e. The number of aromatic nitrogens is 3. The highest BCUT2D eigenvalue weighted by molar-refractivity contribution is 5.61. The van der Waals surface area contributed by atoms with Gasteiger partial charge in [-0.05, 0) is 30.3 Å². The van der Waals surface area contributed by atoms with Gasteiger partial charge in [0.1, 0.15) is 0 Å². The van der Waals surface area contributed by atoms with Crippen LogP contribution in [-0.2, 0) is 7.05 Å². The molecule has 0 unspecified atom stereocenters. The first-order valence-corrected chi connectivity index (χ1v) is 5.55. The molecule has 0 saturated heterocycles. The molecule has 0 aliphatic rings. The van der Waals surface area contributed by atoms with Crippen LogP contribution in [0.2, 0.25) is 0 Å². The number of aryl methyl sites for hydroxylation is 1. The van der Waals surface area contributed by atoms with Gasteiger partial charge >= 0.3 is 0 Å². The maximum absolute atomic E-state index is 5.73. The lowest BCUT2D eigenvalue weighted by Gasteiger charge is -1.96. The summed E-state index contributed by atoms with van der Waals surface area (Å²) in [5, 5.41) is 3.98. The summed E-state index contributed by atoms with van der Waals surface area (Å²) < 4.78 is 7.19. The number of benzene rings is 1. The molecule has 5 nitrogen and oxygen atoms in total. The zero-order chi connectivity index (χ0) is 12.5. The molecule has 0 saturated carbocycles. The topological polar surface area (TPSA) is 69.9 Å². The number of nitrogen functional groups attached to an aromatic ring is 1. The van der Waals surface area contributed by atoms with Crippen molar-refractivity contribution >= 4 is 5.69 Å². The molecule has 0 fully saturated rings. The molecule has 90 valence electrons. The lowest BCUT2D eigenvalue weighted by molar-refractivity contribution is 0.432. The first-order chi connectivity index (χ1) is 8.74. The molecule has 0 atom stereocenters. The minimum absolute atomic E-state index is 0.471. The lowest BCUT2D eigenvalue weighted by atomic mass is 10.2. The SMILES string of the molecule is Cn1cccc1-c1noc(-c2cccc(N)c2)n1. The van der Waals surface area contributed by atoms with E-state index in [0.29, 0.717) is 17.4 Å². The Balaban J connectivity index is 2.02. The molecule has 0 bridgehead atoms. The number of nitrogens with two attached hydrogens (primary N) is 1. The summed E-state index contributed by atoms with van der Waals surface area (Å²) in [7, 11) is 1.94. The molecule has 0 aliphatic heterocycles. The molecule has 3 rings (SSSR count). The summed E-state index contributed by atoms with van der Waals surface area (Å²) in [6, 6.07) is 11.2. The van der Waals surface area contributed by atoms with E-state index in [-0.39, 0.29) is 0 Å². The van der Waals surface area contributed by atoms with Crippen LogP contribution in [0, 0.1) is 0 Å². The minimum atomic E-state index is 0.471. The summed E-state index contributed by atoms with van der Waals surface area (Å²) in [6.07, 6.45) is 1.94. The predicted molar refractivity (Wildman–Crippen MR) is 68.6 cm³/mol. The van der Waals surface area contributed by atoms with Crippen LogP contribution in [-0.4, -0.2) is 14.7 Å². The fourth-order valence-corrected chi connectivity index (χ4v) is 1.81. The van der Waals surface area contributed by atoms with E-state index in [1.807, 2.05) is 54.2 Å². The van der Waals surface area contributed by atoms with Gasteiger partial charge in [0, 0.05) is 24.5 Å². The van der Waals surface area contributed by atoms with E-state index < -0.39 is 0 Å². The zero-order valence-corrected chi connectivity index (χ0v) is 9.87. The second-order valence-corrected chi connectivity index (χ2v) is 4.05. The molecule has 2 N–H and O–H groups in total. The van der Waals surface area contributed by atoms with Crippen LogP contribution in [0.1, 0.15) is 0 Å². The maximum Gasteiger partial charge on any atom is 0.258 e. The zero-order valence-electron chi connectivity index (χ0n) is 9.87. The molecule has 5 heteroatoms. The van der Waals surface area contributed by atoms with Crippen LogP contribution in [0.5, 0.6) is 0 Å². The Morgan fingerprint density at radius 3 is 2.83 bits per heavy atom. The summed E-state index contributed by atoms with van der Waals surface area (Å²) in [6.45, 7) is 0. The van der Waals surface area contributed by atoms with Gasteiger partial charge in [0.05, 0.1) is 5.69 Å². The standard InChI is InChI=1S/C13H12N4O/c1-17-7-3-6-11(17)12-15-13(18-16-12)9-4-2-5-10(14)8-9/h2-8H,14H2,1H3. The van der Waals surface area contributed by atoms with Crippen LogP contribution in [0.15, 0.2) is 47.1 Å². The molecule has 3 aromatic rings. The van der Waals surface area contributed by atoms with E-state index in [9.17, 15) is 0 Å². The minimum Gasteiger partial charge on any atom is -0.399 e. The lowest BCUT2D eigenvalue weighted by Crippen LogP contribution is -1.90. The molecule has 1 aromatic carbocycles. The van der Waals surface area contributed by atoms with Gasteiger partial charge in [0.15, 0.2) is 0 Å². The predicted octanol–water partition coefficient (Wildman–Crippen LogP) is 2.32. The second kappa shape index (κ2) is 4.03. The molecule has 0 spiro atoms. The number of hydrogen-bond donors (Lipinski definition) is 1. The monoisotopic (exact) mass is 240 g/mol. The van der Waals surface area contributed by atoms with Crippen LogP contribution in [0.4, 0.5) is 5.69 Å². The molecular formula is C13H12N4O. The molecule has 0 amide bonds. The van der Waals surface area contributed by atoms with Crippen LogP contribution in [0.25, 0.3) is 23.0 Å². The van der Waals surface area contributed by atoms with E-state index in [1.165, 1.54) is 0 Å². The first kappa shape index (κ1) is 10.6. The van der Waals surface area contributed by atoms with Gasteiger partial charge in [0.25, 0.3) is 5.89 Å². The fourth-order valence-electron chi connectivity index (χ4n) is 1.81. The summed E-state index contributed by atoms with van der Waals surface area (Å²) in [5.41, 5.74) is 8.13. The Hall–Kier alpha value is -2.56. The van der Waals surface area contributed by atoms with Gasteiger partial charge in [0.2, 0.25) is 5.82 Å². The number of anilines is 1. The molecule has 0 aliphatic carbocycles. The van der Waals surface area contributed by atoms with Crippen molar-refractivity contribution in [2.24, 2.45) is 7.05 Å². The molecule has 2 aromatic heterocycles. The number of nitrogens with zero attached hydrogens (tertiary/aromatic N) is 3. The van der Waals surface area contributed by atoms with Gasteiger partial charge < -0.3 is 14.8 Å². The fraction of sp³-hybridized carbons (Fsp3) is 0.0769. The van der Waals surface area contributed by atoms with Gasteiger partial charge in [-0.25, -0.2) is 0 Å². The Morgan fingerprint density at radius 1 is 1.22 bits per heavy atom. The van der Waals surface area contributed by atoms with Crippen LogP contribution >= 0.6 is 0 Å². The Morgan fingerprint density at radius 2 is 2.11 bits per heavy atom. The molecular weight excluding hydrogens is 228 g/mol. The highest BCUT2D eigenvalue weighted by Crippen LogP contribution is 2.23. The smallest absolute Gasteiger partial charge is 0.258 e. The van der Waals surface area contributed by atoms with Gasteiger partial charge in [-0.3, -0.25) is 0 Å². The quantitative estimate of drug-likeness (QED) is 0.698. The average molecular weight is 240 g/mol. The maximum atomic E-state index is 5.73. The van der Waals surface area contributed by atoms with Crippen LogP contribution in [0.3, 0.4) is 0 Å². The Kier molecular flexibility index (Phi) is 2.37. The third-order valence-corrected chi connectivity index (χ3v) is 2.73. The Labute approximate surface area is 104 Å². The Bertz CT molecular complexity index is 684. The highest BCUT2D eigenvalue weighted by Gasteiger charge is 2.12. The summed E-state index contributed by atoms with van der Waals surface area (Å²) >= 11 is 0. The van der Waals surface area contributed by atoms with E-state index in [0.717, 1.165) is 11.3 Å². The normalized spacial score (nSPS) is 10.7. The highest BCUT2D eigenvalue weighted by atomic mass is 16.5. The number of hydrogen-bond acceptors (Lipinski definition) is 4. The van der Waals surface area contributed by atoms with E-state index in [4.69, 9.17) is 10.3 Å². The van der Waals surface area contributed by atoms with Crippen molar-refractivity contribution in [3.05, 3.63) is 42.6 Å². The van der Waals surface area contributed by atoms with Crippen molar-refractivity contribution in [3.8, 4) is 23.0 Å². The van der Waals surface area contributed by atoms with Crippen molar-refractivity contribution in [3.63, 3.8) is 0 Å². The van der Waals surface area contributed by atoms with Gasteiger partial charge in [-0.2, -0.15) is 4.98 Å². The van der Waals surface area contributed by atoms with Gasteiger partial charge in [-0.15, -0.1) is 0 Å². The third kappa shape index (κ3) is 1.75. The third-order valence-electron chi connectivity index (χ3n) is 2.73. The van der Waals surface area contributed by atoms with E-state index in [1.54, 1.807) is 0 Å². The van der Waals surface area contributed by atoms with Crippen molar-refractivity contribution in [2.75, 3.05) is 5.73 Å². The van der Waals surface area contributed by atoms with Crippen molar-refractivity contribution in [1.29, 1.82) is 0 Å². The molecule has 0 radical (unpaired) electrons. The molecule has 2 heterocycles. The first-order valence-electron chi connectivity index (χ1n) is 5.55. The van der Waals surface area contributed by atoms with Crippen molar-refractivity contribution < 1.29 is 4.52 Å². The molecule has 18 heavy (non-hydrogen) atoms. The second-order valence-electron chi connectivity index (χ2n) is 4.05. The summed E-state index contributed by atoms with van der Waals surface area (Å²) in [4.78, 5) is 4.37. The van der Waals surface area contributed by atoms with Gasteiger partial charge in [-0.1, -0.05) is 11.2 Å². The number of rotatable bonds is 2. The van der Waals surface area contributed by atoms with E-state index in [2.05, 4.69) is 10.1 Å². The van der Waals surface area contributed by atoms with Crippen LogP contribution < -0.4 is 5.73 Å². The average Bonchev–Trinajstić information content (AvgIpc) is 2.97. The summed E-state index contributed by atoms with van der Waals surface area (Å²) in [5.74, 6) is 1.04. The van der Waals surface area contributed by atoms with E-state index >= 15 is 0 Å². The van der Waals surface area contributed by atoms with Crippen molar-refractivity contribution in [2.45, 2.75) is 0 Å².